The van der Waals surface area contributed by atoms with E-state index in [1.807, 2.05) is 0 Å². The van der Waals surface area contributed by atoms with E-state index in [1.54, 1.807) is 4.90 Å². The average Bonchev–Trinajstić information content (AvgIpc) is 2.99. The van der Waals surface area contributed by atoms with Gasteiger partial charge in [-0.1, -0.05) is 25.7 Å². The van der Waals surface area contributed by atoms with Crippen LogP contribution < -0.4 is 0 Å². The standard InChI is InChI=1S/C22H40N2O7/c1-14(26)23-12-8-7-9-16(23)20(29)19(28)11-6-4-3-5-10-17-21(30)22(31)18(13-25)24(17)15(2)27/h16-22,25,28-31H,3-13H2,1-2H3/t16-,17?,18-,19+,20+,21-,22-/m1/s1. The largest absolute Gasteiger partial charge is 0.394 e. The van der Waals surface area contributed by atoms with E-state index in [4.69, 9.17) is 0 Å². The van der Waals surface area contributed by atoms with Gasteiger partial charge in [-0.15, -0.1) is 0 Å². The quantitative estimate of drug-likeness (QED) is 0.293. The Labute approximate surface area is 184 Å². The van der Waals surface area contributed by atoms with E-state index >= 15 is 0 Å². The third kappa shape index (κ3) is 6.38. The Kier molecular flexibility index (Phi) is 10.2. The molecule has 7 atom stereocenters. The monoisotopic (exact) mass is 444 g/mol. The Balaban J connectivity index is 1.71. The lowest BCUT2D eigenvalue weighted by Gasteiger charge is -2.39. The molecule has 9 nitrogen and oxygen atoms in total. The van der Waals surface area contributed by atoms with E-state index < -0.39 is 43.1 Å². The molecule has 2 fully saturated rings. The first kappa shape index (κ1) is 26.0. The summed E-state index contributed by atoms with van der Waals surface area (Å²) in [6.45, 7) is 3.09. The van der Waals surface area contributed by atoms with Crippen molar-refractivity contribution in [3.8, 4) is 0 Å². The molecule has 0 aromatic carbocycles. The smallest absolute Gasteiger partial charge is 0.220 e. The average molecular weight is 445 g/mol. The highest BCUT2D eigenvalue weighted by Gasteiger charge is 2.48. The molecule has 0 aromatic heterocycles. The minimum atomic E-state index is -1.15. The Morgan fingerprint density at radius 1 is 0.935 bits per heavy atom. The summed E-state index contributed by atoms with van der Waals surface area (Å²) >= 11 is 0. The van der Waals surface area contributed by atoms with Gasteiger partial charge in [0.1, 0.15) is 18.3 Å². The van der Waals surface area contributed by atoms with Gasteiger partial charge in [0.2, 0.25) is 11.8 Å². The molecule has 31 heavy (non-hydrogen) atoms. The molecule has 2 aliphatic rings. The van der Waals surface area contributed by atoms with E-state index in [0.717, 1.165) is 38.5 Å². The maximum absolute atomic E-state index is 11.9. The van der Waals surface area contributed by atoms with Gasteiger partial charge in [-0.05, 0) is 32.1 Å². The van der Waals surface area contributed by atoms with Gasteiger partial charge in [-0.25, -0.2) is 0 Å². The molecule has 2 heterocycles. The first-order valence-corrected chi connectivity index (χ1v) is 11.6. The molecule has 0 aromatic rings. The summed E-state index contributed by atoms with van der Waals surface area (Å²) in [6, 6.07) is -1.61. The van der Waals surface area contributed by atoms with Crippen LogP contribution in [0, 0.1) is 0 Å². The molecule has 1 unspecified atom stereocenters. The molecule has 9 heteroatoms. The fourth-order valence-corrected chi connectivity index (χ4v) is 5.19. The maximum Gasteiger partial charge on any atom is 0.220 e. The maximum atomic E-state index is 11.9. The normalized spacial score (nSPS) is 31.0. The highest BCUT2D eigenvalue weighted by Crippen LogP contribution is 2.29. The fraction of sp³-hybridized carbons (Fsp3) is 0.909. The predicted molar refractivity (Wildman–Crippen MR) is 114 cm³/mol. The van der Waals surface area contributed by atoms with Crippen molar-refractivity contribution >= 4 is 11.8 Å². The van der Waals surface area contributed by atoms with Gasteiger partial charge in [-0.2, -0.15) is 0 Å². The van der Waals surface area contributed by atoms with Crippen molar-refractivity contribution in [2.24, 2.45) is 0 Å². The number of amides is 2. The summed E-state index contributed by atoms with van der Waals surface area (Å²) in [4.78, 5) is 26.7. The van der Waals surface area contributed by atoms with Crippen molar-refractivity contribution in [3.63, 3.8) is 0 Å². The molecule has 0 saturated carbocycles. The molecular weight excluding hydrogens is 404 g/mol. The molecule has 0 radical (unpaired) electrons. The molecule has 2 aliphatic heterocycles. The fourth-order valence-electron chi connectivity index (χ4n) is 5.19. The van der Waals surface area contributed by atoms with Crippen LogP contribution >= 0.6 is 0 Å². The van der Waals surface area contributed by atoms with E-state index in [-0.39, 0.29) is 17.9 Å². The summed E-state index contributed by atoms with van der Waals surface area (Å²) in [5, 5.41) is 50.7. The number of carbonyl (C=O) groups is 2. The summed E-state index contributed by atoms with van der Waals surface area (Å²) in [5.74, 6) is -0.350. The van der Waals surface area contributed by atoms with Crippen molar-refractivity contribution in [2.75, 3.05) is 13.2 Å². The number of likely N-dealkylation sites (tertiary alicyclic amines) is 2. The van der Waals surface area contributed by atoms with Crippen molar-refractivity contribution < 1.29 is 35.1 Å². The van der Waals surface area contributed by atoms with Crippen LogP contribution in [0.4, 0.5) is 0 Å². The first-order valence-electron chi connectivity index (χ1n) is 11.6. The molecule has 2 amide bonds. The van der Waals surface area contributed by atoms with E-state index in [0.29, 0.717) is 25.8 Å². The number of rotatable bonds is 10. The van der Waals surface area contributed by atoms with Gasteiger partial charge in [0, 0.05) is 20.4 Å². The van der Waals surface area contributed by atoms with E-state index in [1.165, 1.54) is 18.7 Å². The molecule has 2 saturated heterocycles. The second-order valence-electron chi connectivity index (χ2n) is 9.05. The Hall–Kier alpha value is -1.26. The Bertz CT molecular complexity index is 590. The van der Waals surface area contributed by atoms with Crippen LogP contribution in [0.2, 0.25) is 0 Å². The number of hydrogen-bond acceptors (Lipinski definition) is 7. The zero-order valence-corrected chi connectivity index (χ0v) is 18.8. The van der Waals surface area contributed by atoms with Gasteiger partial charge in [0.15, 0.2) is 0 Å². The second-order valence-corrected chi connectivity index (χ2v) is 9.05. The lowest BCUT2D eigenvalue weighted by Crippen LogP contribution is -2.52. The molecule has 0 bridgehead atoms. The molecule has 2 rings (SSSR count). The third-order valence-corrected chi connectivity index (χ3v) is 6.90. The Morgan fingerprint density at radius 2 is 1.58 bits per heavy atom. The predicted octanol–water partition coefficient (Wildman–Crippen LogP) is -0.237. The van der Waals surface area contributed by atoms with Crippen LogP contribution in [0.25, 0.3) is 0 Å². The Morgan fingerprint density at radius 3 is 2.19 bits per heavy atom. The zero-order chi connectivity index (χ0) is 23.1. The third-order valence-electron chi connectivity index (χ3n) is 6.90. The number of hydrogen-bond donors (Lipinski definition) is 5. The topological polar surface area (TPSA) is 142 Å². The van der Waals surface area contributed by atoms with E-state index in [2.05, 4.69) is 0 Å². The zero-order valence-electron chi connectivity index (χ0n) is 18.8. The number of piperidine rings is 1. The summed E-state index contributed by atoms with van der Waals surface area (Å²) in [5.41, 5.74) is 0. The number of aliphatic hydroxyl groups excluding tert-OH is 5. The SMILES string of the molecule is CC(=O)N1CCCC[C@@H]1[C@H](O)[C@@H](O)CCCCCCC1[C@@H](O)[C@H](O)[C@@H](CO)N1C(C)=O. The minimum absolute atomic E-state index is 0.0711. The number of unbranched alkanes of at least 4 members (excludes halogenated alkanes) is 3. The number of carbonyl (C=O) groups excluding carboxylic acids is 2. The summed E-state index contributed by atoms with van der Waals surface area (Å²) in [6.07, 6.45) is 2.58. The highest BCUT2D eigenvalue weighted by molar-refractivity contribution is 5.75. The van der Waals surface area contributed by atoms with Crippen LogP contribution in [0.5, 0.6) is 0 Å². The first-order chi connectivity index (χ1) is 14.7. The number of nitrogens with zero attached hydrogens (tertiary/aromatic N) is 2. The van der Waals surface area contributed by atoms with Crippen LogP contribution in [-0.4, -0.2) is 103 Å². The second kappa shape index (κ2) is 12.1. The summed E-state index contributed by atoms with van der Waals surface area (Å²) < 4.78 is 0. The number of aliphatic hydroxyl groups is 5. The van der Waals surface area contributed by atoms with Crippen LogP contribution in [0.15, 0.2) is 0 Å². The van der Waals surface area contributed by atoms with Crippen molar-refractivity contribution in [1.82, 2.24) is 9.80 Å². The summed E-state index contributed by atoms with van der Waals surface area (Å²) in [7, 11) is 0. The molecule has 0 spiro atoms. The lowest BCUT2D eigenvalue weighted by atomic mass is 9.92. The van der Waals surface area contributed by atoms with Gasteiger partial charge in [-0.3, -0.25) is 9.59 Å². The molecule has 0 aliphatic carbocycles. The van der Waals surface area contributed by atoms with Crippen LogP contribution in [0.3, 0.4) is 0 Å². The van der Waals surface area contributed by atoms with Gasteiger partial charge in [0.05, 0.1) is 30.8 Å². The van der Waals surface area contributed by atoms with Gasteiger partial charge < -0.3 is 35.3 Å². The minimum Gasteiger partial charge on any atom is -0.394 e. The van der Waals surface area contributed by atoms with Crippen LogP contribution in [-0.2, 0) is 9.59 Å². The van der Waals surface area contributed by atoms with E-state index in [9.17, 15) is 35.1 Å². The van der Waals surface area contributed by atoms with Gasteiger partial charge in [0.25, 0.3) is 0 Å². The van der Waals surface area contributed by atoms with Crippen molar-refractivity contribution in [2.45, 2.75) is 114 Å². The van der Waals surface area contributed by atoms with Crippen molar-refractivity contribution in [3.05, 3.63) is 0 Å². The molecule has 180 valence electrons. The van der Waals surface area contributed by atoms with Crippen molar-refractivity contribution in [1.29, 1.82) is 0 Å². The van der Waals surface area contributed by atoms with Crippen LogP contribution in [0.1, 0.15) is 71.6 Å². The molecule has 5 N–H and O–H groups in total. The lowest BCUT2D eigenvalue weighted by molar-refractivity contribution is -0.138. The highest BCUT2D eigenvalue weighted by atomic mass is 16.3. The van der Waals surface area contributed by atoms with Gasteiger partial charge >= 0.3 is 0 Å². The molecular formula is C22H40N2O7.